The van der Waals surface area contributed by atoms with Gasteiger partial charge in [0, 0.05) is 18.5 Å². The van der Waals surface area contributed by atoms with Crippen LogP contribution < -0.4 is 14.8 Å². The number of ether oxygens (including phenoxy) is 2. The van der Waals surface area contributed by atoms with Crippen LogP contribution in [0.4, 0.5) is 0 Å². The first-order valence-corrected chi connectivity index (χ1v) is 8.68. The fraction of sp³-hybridized carbons (Fsp3) is 0.300. The fourth-order valence-electron chi connectivity index (χ4n) is 3.91. The number of carbonyl (C=O) groups excluding carboxylic acids is 2. The molecule has 1 fully saturated rings. The molecular formula is C20H20N2O5. The molecule has 2 amide bonds. The Morgan fingerprint density at radius 3 is 2.48 bits per heavy atom. The Morgan fingerprint density at radius 2 is 1.81 bits per heavy atom. The zero-order chi connectivity index (χ0) is 19.1. The highest BCUT2D eigenvalue weighted by atomic mass is 16.5. The highest BCUT2D eigenvalue weighted by molar-refractivity contribution is 6.00. The van der Waals surface area contributed by atoms with Gasteiger partial charge in [-0.1, -0.05) is 24.3 Å². The molecule has 2 N–H and O–H groups in total. The number of aromatic hydroxyl groups is 1. The Morgan fingerprint density at radius 1 is 1.15 bits per heavy atom. The molecule has 140 valence electrons. The third-order valence-electron chi connectivity index (χ3n) is 5.23. The summed E-state index contributed by atoms with van der Waals surface area (Å²) in [7, 11) is 2.81. The first-order valence-electron chi connectivity index (χ1n) is 8.68. The van der Waals surface area contributed by atoms with Crippen molar-refractivity contribution in [2.45, 2.75) is 18.5 Å². The number of phenolic OH excluding ortho intramolecular Hbond substituents is 1. The molecule has 2 aliphatic heterocycles. The molecule has 0 spiro atoms. The number of hydrogen-bond donors (Lipinski definition) is 2. The highest BCUT2D eigenvalue weighted by Gasteiger charge is 2.44. The lowest BCUT2D eigenvalue weighted by Crippen LogP contribution is -2.61. The molecule has 2 aliphatic rings. The minimum atomic E-state index is -0.572. The summed E-state index contributed by atoms with van der Waals surface area (Å²) in [6.45, 7) is 0.366. The Hall–Kier alpha value is -3.22. The number of hydrogen-bond acceptors (Lipinski definition) is 5. The molecule has 0 saturated carbocycles. The monoisotopic (exact) mass is 368 g/mol. The van der Waals surface area contributed by atoms with Crippen molar-refractivity contribution >= 4 is 11.8 Å². The minimum Gasteiger partial charge on any atom is -0.502 e. The van der Waals surface area contributed by atoms with Crippen LogP contribution >= 0.6 is 0 Å². The predicted octanol–water partition coefficient (Wildman–Crippen LogP) is 1.65. The van der Waals surface area contributed by atoms with Crippen LogP contribution in [-0.4, -0.2) is 48.6 Å². The van der Waals surface area contributed by atoms with Gasteiger partial charge in [0.05, 0.1) is 20.3 Å². The summed E-state index contributed by atoms with van der Waals surface area (Å²) in [6.07, 6.45) is 0.469. The van der Waals surface area contributed by atoms with E-state index in [0.717, 1.165) is 11.1 Å². The Bertz CT molecular complexity index is 901. The van der Waals surface area contributed by atoms with E-state index in [2.05, 4.69) is 5.32 Å². The van der Waals surface area contributed by atoms with E-state index in [1.165, 1.54) is 26.4 Å². The normalized spacial score (nSPS) is 20.5. The molecular weight excluding hydrogens is 348 g/mol. The number of nitrogens with zero attached hydrogens (tertiary/aromatic N) is 1. The van der Waals surface area contributed by atoms with Gasteiger partial charge in [-0.15, -0.1) is 0 Å². The third kappa shape index (κ3) is 2.66. The molecule has 0 aromatic heterocycles. The Balaban J connectivity index is 1.79. The van der Waals surface area contributed by atoms with Crippen molar-refractivity contribution in [2.24, 2.45) is 0 Å². The van der Waals surface area contributed by atoms with Crippen molar-refractivity contribution in [3.63, 3.8) is 0 Å². The summed E-state index contributed by atoms with van der Waals surface area (Å²) in [5.74, 6) is -0.342. The van der Waals surface area contributed by atoms with E-state index in [1.54, 1.807) is 4.90 Å². The van der Waals surface area contributed by atoms with Gasteiger partial charge in [-0.05, 0) is 23.3 Å². The summed E-state index contributed by atoms with van der Waals surface area (Å²) in [4.78, 5) is 27.5. The van der Waals surface area contributed by atoms with Crippen LogP contribution in [-0.2, 0) is 11.2 Å². The second kappa shape index (κ2) is 6.50. The van der Waals surface area contributed by atoms with Crippen LogP contribution in [0.25, 0.3) is 0 Å². The summed E-state index contributed by atoms with van der Waals surface area (Å²) < 4.78 is 10.3. The molecule has 27 heavy (non-hydrogen) atoms. The second-order valence-electron chi connectivity index (χ2n) is 6.62. The average Bonchev–Trinajstić information content (AvgIpc) is 2.70. The molecule has 2 aromatic rings. The van der Waals surface area contributed by atoms with Crippen LogP contribution in [0, 0.1) is 0 Å². The lowest BCUT2D eigenvalue weighted by Gasteiger charge is -2.46. The van der Waals surface area contributed by atoms with Gasteiger partial charge in [0.2, 0.25) is 11.7 Å². The maximum absolute atomic E-state index is 13.4. The van der Waals surface area contributed by atoms with E-state index < -0.39 is 6.04 Å². The van der Waals surface area contributed by atoms with Crippen molar-refractivity contribution in [2.75, 3.05) is 20.8 Å². The molecule has 2 bridgehead atoms. The predicted molar refractivity (Wildman–Crippen MR) is 97.1 cm³/mol. The SMILES string of the molecule is COc1cc(C(=O)N2C3Cc4ccccc4C2CNC3=O)cc(OC)c1O. The van der Waals surface area contributed by atoms with Gasteiger partial charge >= 0.3 is 0 Å². The summed E-state index contributed by atoms with van der Waals surface area (Å²) in [5, 5.41) is 13.0. The molecule has 7 heteroatoms. The zero-order valence-corrected chi connectivity index (χ0v) is 15.1. The largest absolute Gasteiger partial charge is 0.502 e. The van der Waals surface area contributed by atoms with Crippen LogP contribution in [0.1, 0.15) is 27.5 Å². The molecule has 2 unspecified atom stereocenters. The number of fused-ring (bicyclic) bond motifs is 4. The molecule has 4 rings (SSSR count). The maximum atomic E-state index is 13.4. The van der Waals surface area contributed by atoms with Crippen LogP contribution in [0.3, 0.4) is 0 Å². The van der Waals surface area contributed by atoms with E-state index in [0.29, 0.717) is 18.5 Å². The lowest BCUT2D eigenvalue weighted by atomic mass is 9.85. The van der Waals surface area contributed by atoms with Crippen LogP contribution in [0.5, 0.6) is 17.2 Å². The Labute approximate surface area is 156 Å². The molecule has 1 saturated heterocycles. The smallest absolute Gasteiger partial charge is 0.255 e. The number of methoxy groups -OCH3 is 2. The van der Waals surface area contributed by atoms with Crippen LogP contribution in [0.2, 0.25) is 0 Å². The second-order valence-corrected chi connectivity index (χ2v) is 6.62. The number of phenols is 1. The lowest BCUT2D eigenvalue weighted by molar-refractivity contribution is -0.130. The van der Waals surface area contributed by atoms with Crippen molar-refractivity contribution in [1.29, 1.82) is 0 Å². The first kappa shape index (κ1) is 17.2. The highest BCUT2D eigenvalue weighted by Crippen LogP contribution is 2.40. The molecule has 2 heterocycles. The quantitative estimate of drug-likeness (QED) is 0.860. The molecule has 2 aromatic carbocycles. The number of piperazine rings is 1. The topological polar surface area (TPSA) is 88.1 Å². The van der Waals surface area contributed by atoms with Gasteiger partial charge in [-0.25, -0.2) is 0 Å². The van der Waals surface area contributed by atoms with Crippen molar-refractivity contribution in [1.82, 2.24) is 10.2 Å². The summed E-state index contributed by atoms with van der Waals surface area (Å²) in [6, 6.07) is 9.99. The molecule has 0 radical (unpaired) electrons. The number of carbonyl (C=O) groups is 2. The number of amides is 2. The van der Waals surface area contributed by atoms with Crippen molar-refractivity contribution in [3.8, 4) is 17.2 Å². The van der Waals surface area contributed by atoms with E-state index in [4.69, 9.17) is 9.47 Å². The molecule has 0 aliphatic carbocycles. The summed E-state index contributed by atoms with van der Waals surface area (Å²) in [5.41, 5.74) is 2.43. The van der Waals surface area contributed by atoms with Crippen molar-refractivity contribution < 1.29 is 24.2 Å². The van der Waals surface area contributed by atoms with Gasteiger partial charge < -0.3 is 24.8 Å². The maximum Gasteiger partial charge on any atom is 0.255 e. The van der Waals surface area contributed by atoms with E-state index >= 15 is 0 Å². The molecule has 2 atom stereocenters. The number of benzene rings is 2. The van der Waals surface area contributed by atoms with Crippen molar-refractivity contribution in [3.05, 3.63) is 53.1 Å². The molecule has 7 nitrogen and oxygen atoms in total. The van der Waals surface area contributed by atoms with Crippen LogP contribution in [0.15, 0.2) is 36.4 Å². The first-order chi connectivity index (χ1) is 13.0. The van der Waals surface area contributed by atoms with Gasteiger partial charge in [0.1, 0.15) is 6.04 Å². The third-order valence-corrected chi connectivity index (χ3v) is 5.23. The Kier molecular flexibility index (Phi) is 4.14. The van der Waals surface area contributed by atoms with Gasteiger partial charge in [-0.2, -0.15) is 0 Å². The minimum absolute atomic E-state index is 0.143. The van der Waals surface area contributed by atoms with Gasteiger partial charge in [0.25, 0.3) is 5.91 Å². The van der Waals surface area contributed by atoms with E-state index in [-0.39, 0.29) is 35.1 Å². The zero-order valence-electron chi connectivity index (χ0n) is 15.1. The van der Waals surface area contributed by atoms with Gasteiger partial charge in [0.15, 0.2) is 11.5 Å². The van der Waals surface area contributed by atoms with E-state index in [9.17, 15) is 14.7 Å². The number of rotatable bonds is 3. The fourth-order valence-corrected chi connectivity index (χ4v) is 3.91. The van der Waals surface area contributed by atoms with Gasteiger partial charge in [-0.3, -0.25) is 9.59 Å². The summed E-state index contributed by atoms with van der Waals surface area (Å²) >= 11 is 0. The average molecular weight is 368 g/mol. The van der Waals surface area contributed by atoms with E-state index in [1.807, 2.05) is 24.3 Å². The number of nitrogens with one attached hydrogen (secondary N) is 1. The standard InChI is InChI=1S/C20H20N2O5/c1-26-16-8-12(9-17(27-2)18(16)23)20(25)22-14-7-11-5-3-4-6-13(11)15(22)10-21-19(14)24/h3-6,8-9,14-15,23H,7,10H2,1-2H3,(H,21,24).